The summed E-state index contributed by atoms with van der Waals surface area (Å²) in [6.45, 7) is 4.22. The predicted molar refractivity (Wildman–Crippen MR) is 92.0 cm³/mol. The van der Waals surface area contributed by atoms with Crippen molar-refractivity contribution in [3.63, 3.8) is 0 Å². The Morgan fingerprint density at radius 2 is 2.13 bits per heavy atom. The van der Waals surface area contributed by atoms with Gasteiger partial charge in [0.2, 0.25) is 0 Å². The van der Waals surface area contributed by atoms with Crippen molar-refractivity contribution in [1.29, 1.82) is 0 Å². The molecule has 1 saturated heterocycles. The van der Waals surface area contributed by atoms with Crippen molar-refractivity contribution < 1.29 is 4.79 Å². The topological polar surface area (TPSA) is 58.1 Å². The molecule has 120 valence electrons. The van der Waals surface area contributed by atoms with Gasteiger partial charge in [-0.2, -0.15) is 0 Å². The number of nitrogens with zero attached hydrogens (tertiary/aromatic N) is 3. The first-order valence-electron chi connectivity index (χ1n) is 7.76. The fourth-order valence-corrected chi connectivity index (χ4v) is 2.93. The van der Waals surface area contributed by atoms with Crippen molar-refractivity contribution in [2.75, 3.05) is 23.3 Å². The Bertz CT molecular complexity index is 689. The van der Waals surface area contributed by atoms with Gasteiger partial charge < -0.3 is 10.2 Å². The molecule has 1 atom stereocenters. The first kappa shape index (κ1) is 15.7. The van der Waals surface area contributed by atoms with Gasteiger partial charge in [0.1, 0.15) is 11.5 Å². The van der Waals surface area contributed by atoms with Crippen LogP contribution in [-0.2, 0) is 0 Å². The maximum absolute atomic E-state index is 12.2. The van der Waals surface area contributed by atoms with E-state index in [-0.39, 0.29) is 11.6 Å². The number of hydrogen-bond acceptors (Lipinski definition) is 4. The van der Waals surface area contributed by atoms with Gasteiger partial charge in [-0.25, -0.2) is 9.97 Å². The van der Waals surface area contributed by atoms with E-state index in [9.17, 15) is 4.79 Å². The SMILES string of the molecule is CC1CCCN(c2cnc(C(=O)Nc3ccccc3Cl)cn2)C1. The van der Waals surface area contributed by atoms with E-state index in [1.807, 2.05) is 12.1 Å². The fourth-order valence-electron chi connectivity index (χ4n) is 2.75. The maximum atomic E-state index is 12.2. The molecule has 23 heavy (non-hydrogen) atoms. The lowest BCUT2D eigenvalue weighted by Crippen LogP contribution is -2.35. The number of para-hydroxylation sites is 1. The first-order valence-corrected chi connectivity index (χ1v) is 8.14. The molecule has 0 radical (unpaired) electrons. The Morgan fingerprint density at radius 1 is 1.30 bits per heavy atom. The number of amides is 1. The van der Waals surface area contributed by atoms with Crippen LogP contribution in [0.25, 0.3) is 0 Å². The molecule has 2 aromatic rings. The molecule has 3 rings (SSSR count). The number of piperidine rings is 1. The summed E-state index contributed by atoms with van der Waals surface area (Å²) in [6, 6.07) is 7.10. The predicted octanol–water partition coefficient (Wildman–Crippen LogP) is 3.62. The molecule has 1 aromatic heterocycles. The summed E-state index contributed by atoms with van der Waals surface area (Å²) in [5.41, 5.74) is 0.841. The highest BCUT2D eigenvalue weighted by molar-refractivity contribution is 6.33. The molecule has 6 heteroatoms. The van der Waals surface area contributed by atoms with Gasteiger partial charge in [0, 0.05) is 13.1 Å². The molecule has 0 spiro atoms. The molecule has 1 unspecified atom stereocenters. The minimum Gasteiger partial charge on any atom is -0.355 e. The molecule has 1 aliphatic rings. The summed E-state index contributed by atoms with van der Waals surface area (Å²) in [5.74, 6) is 1.17. The van der Waals surface area contributed by atoms with E-state index >= 15 is 0 Å². The second-order valence-corrected chi connectivity index (χ2v) is 6.29. The quantitative estimate of drug-likeness (QED) is 0.933. The lowest BCUT2D eigenvalue weighted by molar-refractivity contribution is 0.102. The molecule has 0 aliphatic carbocycles. The van der Waals surface area contributed by atoms with Gasteiger partial charge >= 0.3 is 0 Å². The van der Waals surface area contributed by atoms with Crippen LogP contribution < -0.4 is 10.2 Å². The monoisotopic (exact) mass is 330 g/mol. The van der Waals surface area contributed by atoms with E-state index in [0.29, 0.717) is 16.6 Å². The van der Waals surface area contributed by atoms with Crippen LogP contribution in [0.15, 0.2) is 36.7 Å². The molecular weight excluding hydrogens is 312 g/mol. The molecule has 1 aromatic carbocycles. The Balaban J connectivity index is 1.69. The van der Waals surface area contributed by atoms with E-state index in [2.05, 4.69) is 27.1 Å². The maximum Gasteiger partial charge on any atom is 0.275 e. The molecule has 5 nitrogen and oxygen atoms in total. The summed E-state index contributed by atoms with van der Waals surface area (Å²) in [6.07, 6.45) is 5.60. The van der Waals surface area contributed by atoms with Crippen molar-refractivity contribution in [3.05, 3.63) is 47.4 Å². The van der Waals surface area contributed by atoms with E-state index in [1.165, 1.54) is 12.6 Å². The highest BCUT2D eigenvalue weighted by Gasteiger charge is 2.18. The van der Waals surface area contributed by atoms with E-state index in [1.54, 1.807) is 18.3 Å². The van der Waals surface area contributed by atoms with Gasteiger partial charge in [0.05, 0.1) is 23.1 Å². The lowest BCUT2D eigenvalue weighted by atomic mass is 10.0. The number of halogens is 1. The molecule has 1 aliphatic heterocycles. The Kier molecular flexibility index (Phi) is 4.76. The van der Waals surface area contributed by atoms with Crippen LogP contribution >= 0.6 is 11.6 Å². The number of carbonyl (C=O) groups is 1. The van der Waals surface area contributed by atoms with Crippen molar-refractivity contribution in [1.82, 2.24) is 9.97 Å². The first-order chi connectivity index (χ1) is 11.1. The van der Waals surface area contributed by atoms with E-state index in [0.717, 1.165) is 25.3 Å². The normalized spacial score (nSPS) is 17.8. The summed E-state index contributed by atoms with van der Waals surface area (Å²) in [5, 5.41) is 3.24. The number of carbonyl (C=O) groups excluding carboxylic acids is 1. The number of hydrogen-bond donors (Lipinski definition) is 1. The zero-order valence-corrected chi connectivity index (χ0v) is 13.8. The van der Waals surface area contributed by atoms with Gasteiger partial charge in [-0.15, -0.1) is 0 Å². The average Bonchev–Trinajstić information content (AvgIpc) is 2.57. The smallest absolute Gasteiger partial charge is 0.275 e. The van der Waals surface area contributed by atoms with Crippen molar-refractivity contribution in [3.8, 4) is 0 Å². The van der Waals surface area contributed by atoms with Crippen LogP contribution in [0.4, 0.5) is 11.5 Å². The third-order valence-electron chi connectivity index (χ3n) is 3.97. The molecule has 1 N–H and O–H groups in total. The van der Waals surface area contributed by atoms with Crippen LogP contribution in [0.5, 0.6) is 0 Å². The van der Waals surface area contributed by atoms with Crippen LogP contribution in [-0.4, -0.2) is 29.0 Å². The van der Waals surface area contributed by atoms with Gasteiger partial charge in [-0.3, -0.25) is 4.79 Å². The molecule has 2 heterocycles. The molecular formula is C17H19ClN4O. The molecule has 0 saturated carbocycles. The van der Waals surface area contributed by atoms with Crippen molar-refractivity contribution in [2.45, 2.75) is 19.8 Å². The lowest BCUT2D eigenvalue weighted by Gasteiger charge is -2.31. The van der Waals surface area contributed by atoms with Crippen molar-refractivity contribution in [2.24, 2.45) is 5.92 Å². The van der Waals surface area contributed by atoms with Crippen molar-refractivity contribution >= 4 is 29.0 Å². The number of nitrogens with one attached hydrogen (secondary N) is 1. The fraction of sp³-hybridized carbons (Fsp3) is 0.353. The molecule has 1 fully saturated rings. The zero-order valence-electron chi connectivity index (χ0n) is 13.0. The van der Waals surface area contributed by atoms with Gasteiger partial charge in [0.25, 0.3) is 5.91 Å². The highest BCUT2D eigenvalue weighted by atomic mass is 35.5. The zero-order chi connectivity index (χ0) is 16.2. The minimum absolute atomic E-state index is 0.277. The Morgan fingerprint density at radius 3 is 2.83 bits per heavy atom. The summed E-state index contributed by atoms with van der Waals surface area (Å²) >= 11 is 6.04. The molecule has 0 bridgehead atoms. The third kappa shape index (κ3) is 3.79. The average molecular weight is 331 g/mol. The Hall–Kier alpha value is -2.14. The summed E-state index contributed by atoms with van der Waals surface area (Å²) in [7, 11) is 0. The highest BCUT2D eigenvalue weighted by Crippen LogP contribution is 2.22. The van der Waals surface area contributed by atoms with Crippen LogP contribution in [0.1, 0.15) is 30.3 Å². The van der Waals surface area contributed by atoms with Crippen LogP contribution in [0, 0.1) is 5.92 Å². The number of rotatable bonds is 3. The second-order valence-electron chi connectivity index (χ2n) is 5.89. The Labute approximate surface area is 140 Å². The van der Waals surface area contributed by atoms with Crippen LogP contribution in [0.2, 0.25) is 5.02 Å². The van der Waals surface area contributed by atoms with E-state index in [4.69, 9.17) is 11.6 Å². The standard InChI is InChI=1S/C17H19ClN4O/c1-12-5-4-8-22(11-12)16-10-19-15(9-20-16)17(23)21-14-7-3-2-6-13(14)18/h2-3,6-7,9-10,12H,4-5,8,11H2,1H3,(H,21,23). The van der Waals surface area contributed by atoms with Gasteiger partial charge in [-0.05, 0) is 30.9 Å². The number of anilines is 2. The van der Waals surface area contributed by atoms with Crippen LogP contribution in [0.3, 0.4) is 0 Å². The van der Waals surface area contributed by atoms with Gasteiger partial charge in [-0.1, -0.05) is 30.7 Å². The summed E-state index contributed by atoms with van der Waals surface area (Å²) in [4.78, 5) is 23.1. The number of aromatic nitrogens is 2. The third-order valence-corrected chi connectivity index (χ3v) is 4.30. The summed E-state index contributed by atoms with van der Waals surface area (Å²) < 4.78 is 0. The molecule has 1 amide bonds. The second kappa shape index (κ2) is 6.96. The van der Waals surface area contributed by atoms with E-state index < -0.39 is 0 Å². The number of benzene rings is 1. The van der Waals surface area contributed by atoms with Gasteiger partial charge in [0.15, 0.2) is 0 Å². The largest absolute Gasteiger partial charge is 0.355 e. The minimum atomic E-state index is -0.316.